The first-order valence-electron chi connectivity index (χ1n) is 10.1. The van der Waals surface area contributed by atoms with E-state index >= 15 is 0 Å². The number of imidazole rings is 1. The van der Waals surface area contributed by atoms with Crippen LogP contribution < -0.4 is 10.6 Å². The zero-order valence-corrected chi connectivity index (χ0v) is 20.2. The van der Waals surface area contributed by atoms with Crippen molar-refractivity contribution in [1.82, 2.24) is 25.1 Å². The molecule has 1 aromatic heterocycles. The largest absolute Gasteiger partial charge is 0.374 e. The smallest absolute Gasteiger partial charge is 0.191 e. The summed E-state index contributed by atoms with van der Waals surface area (Å²) in [5.41, 5.74) is 1.32. The van der Waals surface area contributed by atoms with Gasteiger partial charge in [-0.15, -0.1) is 24.0 Å². The molecule has 2 aromatic rings. The summed E-state index contributed by atoms with van der Waals surface area (Å²) in [4.78, 5) is 10.7. The molecule has 7 nitrogen and oxygen atoms in total. The SMILES string of the molecule is CN=C(NCc1ccc(-n2ccnc2)c(F)c1)NCC1CN(CC(C)C)CCO1.I. The zero-order chi connectivity index (χ0) is 20.6. The van der Waals surface area contributed by atoms with Crippen LogP contribution in [0.15, 0.2) is 41.9 Å². The summed E-state index contributed by atoms with van der Waals surface area (Å²) in [7, 11) is 1.73. The van der Waals surface area contributed by atoms with Gasteiger partial charge in [-0.05, 0) is 23.6 Å². The van der Waals surface area contributed by atoms with Crippen LogP contribution >= 0.6 is 24.0 Å². The molecule has 1 aliphatic heterocycles. The highest BCUT2D eigenvalue weighted by Crippen LogP contribution is 2.15. The van der Waals surface area contributed by atoms with E-state index in [9.17, 15) is 4.39 Å². The van der Waals surface area contributed by atoms with Gasteiger partial charge >= 0.3 is 0 Å². The van der Waals surface area contributed by atoms with Gasteiger partial charge in [-0.2, -0.15) is 0 Å². The van der Waals surface area contributed by atoms with Crippen LogP contribution in [0.3, 0.4) is 0 Å². The van der Waals surface area contributed by atoms with Crippen molar-refractivity contribution in [2.75, 3.05) is 39.8 Å². The Morgan fingerprint density at radius 2 is 2.20 bits per heavy atom. The first kappa shape index (κ1) is 24.5. The van der Waals surface area contributed by atoms with Crippen LogP contribution in [0.5, 0.6) is 0 Å². The second-order valence-corrected chi connectivity index (χ2v) is 7.71. The molecule has 2 heterocycles. The van der Waals surface area contributed by atoms with Crippen molar-refractivity contribution in [3.8, 4) is 5.69 Å². The molecule has 30 heavy (non-hydrogen) atoms. The lowest BCUT2D eigenvalue weighted by Crippen LogP contribution is -2.50. The van der Waals surface area contributed by atoms with E-state index in [0.29, 0.717) is 30.7 Å². The minimum atomic E-state index is -0.286. The summed E-state index contributed by atoms with van der Waals surface area (Å²) < 4.78 is 21.9. The molecule has 0 spiro atoms. The number of nitrogens with one attached hydrogen (secondary N) is 2. The van der Waals surface area contributed by atoms with Crippen LogP contribution in [0.1, 0.15) is 19.4 Å². The monoisotopic (exact) mass is 530 g/mol. The predicted octanol–water partition coefficient (Wildman–Crippen LogP) is 2.65. The molecule has 3 rings (SSSR count). The summed E-state index contributed by atoms with van der Waals surface area (Å²) in [5, 5.41) is 6.55. The lowest BCUT2D eigenvalue weighted by atomic mass is 10.2. The summed E-state index contributed by atoms with van der Waals surface area (Å²) in [5.74, 6) is 1.04. The van der Waals surface area contributed by atoms with Gasteiger partial charge in [-0.3, -0.25) is 9.89 Å². The number of halogens is 2. The van der Waals surface area contributed by atoms with E-state index < -0.39 is 0 Å². The van der Waals surface area contributed by atoms with Gasteiger partial charge in [-0.1, -0.05) is 19.9 Å². The Morgan fingerprint density at radius 3 is 2.87 bits per heavy atom. The summed E-state index contributed by atoms with van der Waals surface area (Å²) >= 11 is 0. The van der Waals surface area contributed by atoms with Gasteiger partial charge < -0.3 is 19.9 Å². The van der Waals surface area contributed by atoms with Crippen LogP contribution in [-0.2, 0) is 11.3 Å². The molecule has 0 saturated carbocycles. The minimum absolute atomic E-state index is 0. The number of aliphatic imine (C=N–C) groups is 1. The van der Waals surface area contributed by atoms with Crippen LogP contribution in [0.25, 0.3) is 5.69 Å². The molecule has 9 heteroatoms. The summed E-state index contributed by atoms with van der Waals surface area (Å²) in [6.45, 7) is 9.39. The highest BCUT2D eigenvalue weighted by molar-refractivity contribution is 14.0. The molecule has 0 bridgehead atoms. The van der Waals surface area contributed by atoms with E-state index in [4.69, 9.17) is 4.74 Å². The third-order valence-electron chi connectivity index (χ3n) is 4.82. The van der Waals surface area contributed by atoms with E-state index in [0.717, 1.165) is 31.8 Å². The highest BCUT2D eigenvalue weighted by Gasteiger charge is 2.21. The molecular formula is C21H32FIN6O. The molecule has 1 aliphatic rings. The van der Waals surface area contributed by atoms with E-state index in [-0.39, 0.29) is 35.9 Å². The van der Waals surface area contributed by atoms with E-state index in [1.807, 2.05) is 6.07 Å². The first-order valence-corrected chi connectivity index (χ1v) is 10.1. The molecule has 1 atom stereocenters. The topological polar surface area (TPSA) is 66.7 Å². The maximum atomic E-state index is 14.4. The molecule has 1 aromatic carbocycles. The Hall–Kier alpha value is -1.72. The lowest BCUT2D eigenvalue weighted by Gasteiger charge is -2.34. The molecule has 1 fully saturated rings. The van der Waals surface area contributed by atoms with Gasteiger partial charge in [0.1, 0.15) is 5.82 Å². The molecule has 166 valence electrons. The van der Waals surface area contributed by atoms with Gasteiger partial charge in [0.2, 0.25) is 0 Å². The fourth-order valence-electron chi connectivity index (χ4n) is 3.47. The predicted molar refractivity (Wildman–Crippen MR) is 128 cm³/mol. The van der Waals surface area contributed by atoms with Gasteiger partial charge in [0.15, 0.2) is 5.96 Å². The Bertz CT molecular complexity index is 799. The van der Waals surface area contributed by atoms with Gasteiger partial charge in [0, 0.05) is 52.2 Å². The number of ether oxygens (including phenoxy) is 1. The number of hydrogen-bond donors (Lipinski definition) is 2. The molecule has 1 unspecified atom stereocenters. The fraction of sp³-hybridized carbons (Fsp3) is 0.524. The van der Waals surface area contributed by atoms with Gasteiger partial charge in [0.05, 0.1) is 24.7 Å². The van der Waals surface area contributed by atoms with Crippen LogP contribution in [0.4, 0.5) is 4.39 Å². The van der Waals surface area contributed by atoms with E-state index in [1.54, 1.807) is 36.4 Å². The van der Waals surface area contributed by atoms with Crippen molar-refractivity contribution in [1.29, 1.82) is 0 Å². The quantitative estimate of drug-likeness (QED) is 0.328. The standard InChI is InChI=1S/C21H31FN6O.HI/c1-16(2)13-27-8-9-29-18(14-27)12-26-21(23-3)25-11-17-4-5-20(19(22)10-17)28-7-6-24-15-28;/h4-7,10,15-16,18H,8-9,11-14H2,1-3H3,(H2,23,25,26);1H. The third kappa shape index (κ3) is 7.21. The van der Waals surface area contributed by atoms with Crippen LogP contribution in [0.2, 0.25) is 0 Å². The second kappa shape index (κ2) is 12.2. The highest BCUT2D eigenvalue weighted by atomic mass is 127. The Kier molecular flexibility index (Phi) is 9.99. The summed E-state index contributed by atoms with van der Waals surface area (Å²) in [6, 6.07) is 5.18. The average Bonchev–Trinajstić information content (AvgIpc) is 3.22. The van der Waals surface area contributed by atoms with Gasteiger partial charge in [0.25, 0.3) is 0 Å². The van der Waals surface area contributed by atoms with Crippen molar-refractivity contribution in [2.24, 2.45) is 10.9 Å². The number of guanidine groups is 1. The van der Waals surface area contributed by atoms with Crippen molar-refractivity contribution >= 4 is 29.9 Å². The third-order valence-corrected chi connectivity index (χ3v) is 4.82. The number of rotatable bonds is 7. The van der Waals surface area contributed by atoms with Crippen LogP contribution in [-0.4, -0.2) is 66.3 Å². The number of aromatic nitrogens is 2. The first-order chi connectivity index (χ1) is 14.0. The molecule has 0 amide bonds. The lowest BCUT2D eigenvalue weighted by molar-refractivity contribution is -0.0284. The summed E-state index contributed by atoms with van der Waals surface area (Å²) in [6.07, 6.45) is 5.06. The van der Waals surface area contributed by atoms with E-state index in [1.165, 1.54) is 6.07 Å². The Morgan fingerprint density at radius 1 is 1.37 bits per heavy atom. The molecular weight excluding hydrogens is 498 g/mol. The Balaban J connectivity index is 0.00000320. The molecule has 0 radical (unpaired) electrons. The fourth-order valence-corrected chi connectivity index (χ4v) is 3.47. The van der Waals surface area contributed by atoms with Crippen molar-refractivity contribution in [3.63, 3.8) is 0 Å². The number of benzene rings is 1. The molecule has 2 N–H and O–H groups in total. The van der Waals surface area contributed by atoms with Gasteiger partial charge in [-0.25, -0.2) is 9.37 Å². The molecule has 1 saturated heterocycles. The van der Waals surface area contributed by atoms with Crippen molar-refractivity contribution < 1.29 is 9.13 Å². The van der Waals surface area contributed by atoms with Crippen molar-refractivity contribution in [3.05, 3.63) is 48.3 Å². The number of morpholine rings is 1. The zero-order valence-electron chi connectivity index (χ0n) is 17.8. The second-order valence-electron chi connectivity index (χ2n) is 7.71. The number of nitrogens with zero attached hydrogens (tertiary/aromatic N) is 4. The Labute approximate surface area is 195 Å². The van der Waals surface area contributed by atoms with E-state index in [2.05, 4.69) is 39.4 Å². The van der Waals surface area contributed by atoms with Crippen LogP contribution in [0, 0.1) is 11.7 Å². The maximum Gasteiger partial charge on any atom is 0.191 e. The average molecular weight is 530 g/mol. The molecule has 0 aliphatic carbocycles. The normalized spacial score (nSPS) is 17.6. The maximum absolute atomic E-state index is 14.4. The van der Waals surface area contributed by atoms with Crippen molar-refractivity contribution in [2.45, 2.75) is 26.5 Å². The minimum Gasteiger partial charge on any atom is -0.374 e. The number of hydrogen-bond acceptors (Lipinski definition) is 4.